The van der Waals surface area contributed by atoms with Crippen molar-refractivity contribution in [3.63, 3.8) is 0 Å². The second-order valence-corrected chi connectivity index (χ2v) is 4.36. The van der Waals surface area contributed by atoms with Gasteiger partial charge in [-0.2, -0.15) is 15.0 Å². The monoisotopic (exact) mass is 282 g/mol. The number of rotatable bonds is 10. The summed E-state index contributed by atoms with van der Waals surface area (Å²) >= 11 is 0. The highest BCUT2D eigenvalue weighted by molar-refractivity contribution is 5.35. The molecule has 7 heteroatoms. The van der Waals surface area contributed by atoms with Gasteiger partial charge in [-0.1, -0.05) is 13.8 Å². The van der Waals surface area contributed by atoms with E-state index >= 15 is 0 Å². The third kappa shape index (κ3) is 5.56. The molecule has 1 aromatic heterocycles. The highest BCUT2D eigenvalue weighted by atomic mass is 16.5. The highest BCUT2D eigenvalue weighted by Crippen LogP contribution is 2.10. The van der Waals surface area contributed by atoms with E-state index in [2.05, 4.69) is 44.3 Å². The van der Waals surface area contributed by atoms with E-state index in [9.17, 15) is 0 Å². The van der Waals surface area contributed by atoms with Crippen molar-refractivity contribution in [1.82, 2.24) is 19.9 Å². The third-order valence-electron chi connectivity index (χ3n) is 2.83. The van der Waals surface area contributed by atoms with E-state index < -0.39 is 0 Å². The zero-order chi connectivity index (χ0) is 14.8. The summed E-state index contributed by atoms with van der Waals surface area (Å²) in [7, 11) is 1.55. The fourth-order valence-electron chi connectivity index (χ4n) is 1.83. The Morgan fingerprint density at radius 3 is 2.25 bits per heavy atom. The SMILES string of the molecule is CCCN(CC)CCNc1nc(NCC)nc(OC)n1. The van der Waals surface area contributed by atoms with Crippen molar-refractivity contribution in [2.75, 3.05) is 50.5 Å². The number of anilines is 2. The maximum atomic E-state index is 5.08. The van der Waals surface area contributed by atoms with Crippen molar-refractivity contribution in [2.24, 2.45) is 0 Å². The lowest BCUT2D eigenvalue weighted by Crippen LogP contribution is -2.30. The summed E-state index contributed by atoms with van der Waals surface area (Å²) in [6.45, 7) is 11.0. The van der Waals surface area contributed by atoms with Crippen molar-refractivity contribution >= 4 is 11.9 Å². The summed E-state index contributed by atoms with van der Waals surface area (Å²) in [4.78, 5) is 15.0. The molecule has 20 heavy (non-hydrogen) atoms. The van der Waals surface area contributed by atoms with E-state index in [1.807, 2.05) is 6.92 Å². The molecule has 114 valence electrons. The van der Waals surface area contributed by atoms with Gasteiger partial charge in [0.25, 0.3) is 0 Å². The van der Waals surface area contributed by atoms with Crippen LogP contribution in [-0.4, -0.2) is 59.7 Å². The van der Waals surface area contributed by atoms with Crippen LogP contribution in [0.3, 0.4) is 0 Å². The van der Waals surface area contributed by atoms with Crippen LogP contribution in [0.25, 0.3) is 0 Å². The summed E-state index contributed by atoms with van der Waals surface area (Å²) in [6, 6.07) is 0.319. The molecule has 0 aliphatic carbocycles. The van der Waals surface area contributed by atoms with E-state index in [1.165, 1.54) is 0 Å². The Hall–Kier alpha value is -1.63. The molecule has 0 spiro atoms. The predicted octanol–water partition coefficient (Wildman–Crippen LogP) is 1.46. The molecule has 7 nitrogen and oxygen atoms in total. The molecule has 0 amide bonds. The molecule has 2 N–H and O–H groups in total. The molecule has 0 atom stereocenters. The number of hydrogen-bond acceptors (Lipinski definition) is 7. The van der Waals surface area contributed by atoms with Gasteiger partial charge in [0, 0.05) is 19.6 Å². The van der Waals surface area contributed by atoms with Crippen LogP contribution in [0.2, 0.25) is 0 Å². The van der Waals surface area contributed by atoms with E-state index in [-0.39, 0.29) is 0 Å². The predicted molar refractivity (Wildman–Crippen MR) is 81.4 cm³/mol. The smallest absolute Gasteiger partial charge is 0.322 e. The highest BCUT2D eigenvalue weighted by Gasteiger charge is 2.06. The van der Waals surface area contributed by atoms with E-state index in [4.69, 9.17) is 4.74 Å². The maximum absolute atomic E-state index is 5.08. The van der Waals surface area contributed by atoms with Gasteiger partial charge in [0.1, 0.15) is 0 Å². The zero-order valence-corrected chi connectivity index (χ0v) is 12.9. The quantitative estimate of drug-likeness (QED) is 0.673. The lowest BCUT2D eigenvalue weighted by Gasteiger charge is -2.19. The molecule has 0 bridgehead atoms. The first kappa shape index (κ1) is 16.4. The Kier molecular flexibility index (Phi) is 7.64. The number of hydrogen-bond donors (Lipinski definition) is 2. The minimum atomic E-state index is 0.319. The van der Waals surface area contributed by atoms with Gasteiger partial charge in [-0.3, -0.25) is 0 Å². The van der Waals surface area contributed by atoms with Gasteiger partial charge in [0.2, 0.25) is 11.9 Å². The standard InChI is InChI=1S/C13H26N6O/c1-5-9-19(7-3)10-8-15-12-16-11(14-6-2)17-13(18-12)20-4/h5-10H2,1-4H3,(H2,14,15,16,17,18). The summed E-state index contributed by atoms with van der Waals surface area (Å²) < 4.78 is 5.08. The Balaban J connectivity index is 2.55. The van der Waals surface area contributed by atoms with Crippen LogP contribution in [0.5, 0.6) is 6.01 Å². The summed E-state index contributed by atoms with van der Waals surface area (Å²) in [6.07, 6.45) is 1.16. The first-order valence-electron chi connectivity index (χ1n) is 7.23. The zero-order valence-electron chi connectivity index (χ0n) is 12.9. The number of likely N-dealkylation sites (N-methyl/N-ethyl adjacent to an activating group) is 1. The lowest BCUT2D eigenvalue weighted by atomic mass is 10.4. The van der Waals surface area contributed by atoms with Crippen LogP contribution in [-0.2, 0) is 0 Å². The Labute approximate surface area is 121 Å². The summed E-state index contributed by atoms with van der Waals surface area (Å²) in [5, 5.41) is 6.28. The largest absolute Gasteiger partial charge is 0.467 e. The second kappa shape index (κ2) is 9.30. The van der Waals surface area contributed by atoms with Gasteiger partial charge in [-0.15, -0.1) is 0 Å². The number of aromatic nitrogens is 3. The molecule has 0 radical (unpaired) electrons. The Bertz CT molecular complexity index is 387. The molecule has 0 aromatic carbocycles. The van der Waals surface area contributed by atoms with Crippen molar-refractivity contribution in [1.29, 1.82) is 0 Å². The molecule has 0 aliphatic rings. The molecule has 0 saturated carbocycles. The molecule has 1 aromatic rings. The van der Waals surface area contributed by atoms with Crippen molar-refractivity contribution in [3.05, 3.63) is 0 Å². The third-order valence-corrected chi connectivity index (χ3v) is 2.83. The second-order valence-electron chi connectivity index (χ2n) is 4.36. The number of nitrogens with one attached hydrogen (secondary N) is 2. The van der Waals surface area contributed by atoms with Crippen LogP contribution in [0.1, 0.15) is 27.2 Å². The summed E-state index contributed by atoms with van der Waals surface area (Å²) in [5.74, 6) is 1.07. The molecular weight excluding hydrogens is 256 g/mol. The Morgan fingerprint density at radius 2 is 1.70 bits per heavy atom. The van der Waals surface area contributed by atoms with E-state index in [1.54, 1.807) is 7.11 Å². The topological polar surface area (TPSA) is 75.2 Å². The molecule has 0 saturated heterocycles. The van der Waals surface area contributed by atoms with Crippen molar-refractivity contribution < 1.29 is 4.74 Å². The molecule has 0 aliphatic heterocycles. The van der Waals surface area contributed by atoms with Gasteiger partial charge in [-0.25, -0.2) is 0 Å². The fraction of sp³-hybridized carbons (Fsp3) is 0.769. The van der Waals surface area contributed by atoms with Gasteiger partial charge in [-0.05, 0) is 26.4 Å². The first-order chi connectivity index (χ1) is 9.73. The Morgan fingerprint density at radius 1 is 1.00 bits per heavy atom. The lowest BCUT2D eigenvalue weighted by molar-refractivity contribution is 0.299. The van der Waals surface area contributed by atoms with Crippen LogP contribution in [0, 0.1) is 0 Å². The molecular formula is C13H26N6O. The molecule has 1 rings (SSSR count). The summed E-state index contributed by atoms with van der Waals surface area (Å²) in [5.41, 5.74) is 0. The number of methoxy groups -OCH3 is 1. The van der Waals surface area contributed by atoms with Crippen LogP contribution < -0.4 is 15.4 Å². The van der Waals surface area contributed by atoms with Gasteiger partial charge >= 0.3 is 6.01 Å². The number of nitrogens with zero attached hydrogens (tertiary/aromatic N) is 4. The normalized spacial score (nSPS) is 10.7. The van der Waals surface area contributed by atoms with Gasteiger partial charge < -0.3 is 20.3 Å². The molecule has 1 heterocycles. The van der Waals surface area contributed by atoms with Crippen molar-refractivity contribution in [3.8, 4) is 6.01 Å². The minimum Gasteiger partial charge on any atom is -0.467 e. The van der Waals surface area contributed by atoms with Crippen molar-refractivity contribution in [2.45, 2.75) is 27.2 Å². The average molecular weight is 282 g/mol. The molecule has 0 fully saturated rings. The van der Waals surface area contributed by atoms with Gasteiger partial charge in [0.05, 0.1) is 7.11 Å². The van der Waals surface area contributed by atoms with E-state index in [0.717, 1.165) is 39.1 Å². The van der Waals surface area contributed by atoms with Gasteiger partial charge in [0.15, 0.2) is 0 Å². The van der Waals surface area contributed by atoms with E-state index in [0.29, 0.717) is 17.9 Å². The first-order valence-corrected chi connectivity index (χ1v) is 7.23. The minimum absolute atomic E-state index is 0.319. The molecule has 0 unspecified atom stereocenters. The van der Waals surface area contributed by atoms with Crippen LogP contribution in [0.15, 0.2) is 0 Å². The maximum Gasteiger partial charge on any atom is 0.322 e. The number of ether oxygens (including phenoxy) is 1. The van der Waals surface area contributed by atoms with Crippen LogP contribution in [0.4, 0.5) is 11.9 Å². The fourth-order valence-corrected chi connectivity index (χ4v) is 1.83. The van der Waals surface area contributed by atoms with Crippen LogP contribution >= 0.6 is 0 Å². The average Bonchev–Trinajstić information content (AvgIpc) is 2.46.